The van der Waals surface area contributed by atoms with Gasteiger partial charge < -0.3 is 9.64 Å². The molecule has 2 aliphatic heterocycles. The molecule has 0 aromatic heterocycles. The SMILES string of the molecule is CC(C)(C)OC(=O)N1Cc2ccccc2CC1C(=O)N1CCN(CC=Cc2ccccc2)CC1. The number of piperazine rings is 1. The first kappa shape index (κ1) is 24.0. The third-order valence-corrected chi connectivity index (χ3v) is 6.32. The van der Waals surface area contributed by atoms with Crippen LogP contribution < -0.4 is 0 Å². The van der Waals surface area contributed by atoms with Gasteiger partial charge in [-0.2, -0.15) is 0 Å². The van der Waals surface area contributed by atoms with E-state index in [0.717, 1.165) is 30.8 Å². The second kappa shape index (κ2) is 10.4. The van der Waals surface area contributed by atoms with E-state index >= 15 is 0 Å². The second-order valence-corrected chi connectivity index (χ2v) is 10.0. The van der Waals surface area contributed by atoms with Crippen LogP contribution in [-0.2, 0) is 22.5 Å². The molecule has 2 aliphatic rings. The van der Waals surface area contributed by atoms with Crippen molar-refractivity contribution in [1.29, 1.82) is 0 Å². The highest BCUT2D eigenvalue weighted by Gasteiger charge is 2.39. The quantitative estimate of drug-likeness (QED) is 0.685. The summed E-state index contributed by atoms with van der Waals surface area (Å²) in [6.45, 7) is 9.78. The summed E-state index contributed by atoms with van der Waals surface area (Å²) in [6.07, 6.45) is 4.41. The molecule has 0 N–H and O–H groups in total. The highest BCUT2D eigenvalue weighted by molar-refractivity contribution is 5.87. The van der Waals surface area contributed by atoms with Crippen LogP contribution in [0.5, 0.6) is 0 Å². The van der Waals surface area contributed by atoms with Crippen LogP contribution in [0.3, 0.4) is 0 Å². The normalized spacial score (nSPS) is 19.2. The van der Waals surface area contributed by atoms with Crippen LogP contribution >= 0.6 is 0 Å². The number of hydrogen-bond donors (Lipinski definition) is 0. The minimum Gasteiger partial charge on any atom is -0.444 e. The minimum atomic E-state index is -0.611. The van der Waals surface area contributed by atoms with Crippen LogP contribution in [0, 0.1) is 0 Å². The number of carbonyl (C=O) groups is 2. The number of benzene rings is 2. The van der Waals surface area contributed by atoms with Gasteiger partial charge in [0.25, 0.3) is 0 Å². The summed E-state index contributed by atoms with van der Waals surface area (Å²) in [6, 6.07) is 17.8. The summed E-state index contributed by atoms with van der Waals surface area (Å²) in [5, 5.41) is 0. The van der Waals surface area contributed by atoms with Gasteiger partial charge in [-0.3, -0.25) is 14.6 Å². The van der Waals surface area contributed by atoms with Crippen molar-refractivity contribution in [1.82, 2.24) is 14.7 Å². The molecule has 2 aromatic rings. The van der Waals surface area contributed by atoms with E-state index in [0.29, 0.717) is 26.1 Å². The topological polar surface area (TPSA) is 53.1 Å². The van der Waals surface area contributed by atoms with Gasteiger partial charge in [-0.25, -0.2) is 4.79 Å². The Kier molecular flexibility index (Phi) is 7.37. The van der Waals surface area contributed by atoms with Crippen LogP contribution in [0.4, 0.5) is 4.79 Å². The van der Waals surface area contributed by atoms with Crippen molar-refractivity contribution >= 4 is 18.1 Å². The Labute approximate surface area is 202 Å². The van der Waals surface area contributed by atoms with Crippen molar-refractivity contribution in [3.8, 4) is 0 Å². The Morgan fingerprint density at radius 2 is 1.59 bits per heavy atom. The number of fused-ring (bicyclic) bond motifs is 1. The molecule has 0 saturated carbocycles. The van der Waals surface area contributed by atoms with E-state index in [-0.39, 0.29) is 5.91 Å². The molecule has 6 nitrogen and oxygen atoms in total. The summed E-state index contributed by atoms with van der Waals surface area (Å²) in [5.74, 6) is 0.0137. The molecule has 4 rings (SSSR count). The molecule has 1 atom stereocenters. The molecule has 180 valence electrons. The predicted molar refractivity (Wildman–Crippen MR) is 134 cm³/mol. The predicted octanol–water partition coefficient (Wildman–Crippen LogP) is 4.21. The van der Waals surface area contributed by atoms with Gasteiger partial charge in [0.05, 0.1) is 6.54 Å². The van der Waals surface area contributed by atoms with E-state index in [1.54, 1.807) is 4.90 Å². The number of nitrogens with zero attached hydrogens (tertiary/aromatic N) is 3. The van der Waals surface area contributed by atoms with Crippen LogP contribution in [0.25, 0.3) is 6.08 Å². The van der Waals surface area contributed by atoms with Crippen molar-refractivity contribution in [3.05, 3.63) is 77.4 Å². The fourth-order valence-electron chi connectivity index (χ4n) is 4.52. The highest BCUT2D eigenvalue weighted by atomic mass is 16.6. The Bertz CT molecular complexity index is 1020. The monoisotopic (exact) mass is 461 g/mol. The Morgan fingerprint density at radius 1 is 0.941 bits per heavy atom. The van der Waals surface area contributed by atoms with Crippen molar-refractivity contribution in [2.24, 2.45) is 0 Å². The summed E-state index contributed by atoms with van der Waals surface area (Å²) in [5.41, 5.74) is 2.79. The molecule has 0 radical (unpaired) electrons. The van der Waals surface area contributed by atoms with Crippen molar-refractivity contribution < 1.29 is 14.3 Å². The van der Waals surface area contributed by atoms with Gasteiger partial charge in [-0.1, -0.05) is 66.7 Å². The fourth-order valence-corrected chi connectivity index (χ4v) is 4.52. The van der Waals surface area contributed by atoms with Crippen molar-refractivity contribution in [2.45, 2.75) is 45.4 Å². The Hall–Kier alpha value is -3.12. The summed E-state index contributed by atoms with van der Waals surface area (Å²) < 4.78 is 5.66. The maximum Gasteiger partial charge on any atom is 0.411 e. The zero-order valence-corrected chi connectivity index (χ0v) is 20.4. The molecular formula is C28H35N3O3. The van der Waals surface area contributed by atoms with Crippen LogP contribution in [-0.4, -0.2) is 71.1 Å². The van der Waals surface area contributed by atoms with E-state index in [1.807, 2.05) is 62.1 Å². The number of carbonyl (C=O) groups excluding carboxylic acids is 2. The molecule has 0 bridgehead atoms. The van der Waals surface area contributed by atoms with Gasteiger partial charge >= 0.3 is 6.09 Å². The van der Waals surface area contributed by atoms with Crippen LogP contribution in [0.15, 0.2) is 60.7 Å². The average Bonchev–Trinajstić information content (AvgIpc) is 2.83. The molecule has 2 aromatic carbocycles. The number of rotatable bonds is 4. The Balaban J connectivity index is 1.39. The lowest BCUT2D eigenvalue weighted by molar-refractivity contribution is -0.139. The largest absolute Gasteiger partial charge is 0.444 e. The zero-order chi connectivity index (χ0) is 24.1. The summed E-state index contributed by atoms with van der Waals surface area (Å²) in [4.78, 5) is 32.5. The first-order valence-corrected chi connectivity index (χ1v) is 12.1. The molecule has 2 amide bonds. The molecule has 2 heterocycles. The first-order valence-electron chi connectivity index (χ1n) is 12.1. The number of hydrogen-bond acceptors (Lipinski definition) is 4. The zero-order valence-electron chi connectivity index (χ0n) is 20.4. The highest BCUT2D eigenvalue weighted by Crippen LogP contribution is 2.26. The molecule has 0 spiro atoms. The van der Waals surface area contributed by atoms with Crippen molar-refractivity contribution in [2.75, 3.05) is 32.7 Å². The van der Waals surface area contributed by atoms with E-state index < -0.39 is 17.7 Å². The lowest BCUT2D eigenvalue weighted by Crippen LogP contribution is -2.58. The maximum atomic E-state index is 13.6. The molecule has 0 aliphatic carbocycles. The van der Waals surface area contributed by atoms with E-state index in [2.05, 4.69) is 35.3 Å². The fraction of sp³-hybridized carbons (Fsp3) is 0.429. The third-order valence-electron chi connectivity index (χ3n) is 6.32. The molecule has 1 saturated heterocycles. The molecule has 1 unspecified atom stereocenters. The van der Waals surface area contributed by atoms with Crippen LogP contribution in [0.1, 0.15) is 37.5 Å². The van der Waals surface area contributed by atoms with Gasteiger partial charge in [0.2, 0.25) is 5.91 Å². The molecular weight excluding hydrogens is 426 g/mol. The second-order valence-electron chi connectivity index (χ2n) is 10.0. The van der Waals surface area contributed by atoms with Gasteiger partial charge in [0.1, 0.15) is 11.6 Å². The molecule has 6 heteroatoms. The van der Waals surface area contributed by atoms with E-state index in [1.165, 1.54) is 5.56 Å². The molecule has 34 heavy (non-hydrogen) atoms. The summed E-state index contributed by atoms with van der Waals surface area (Å²) in [7, 11) is 0. The first-order chi connectivity index (χ1) is 16.3. The average molecular weight is 462 g/mol. The summed E-state index contributed by atoms with van der Waals surface area (Å²) >= 11 is 0. The third kappa shape index (κ3) is 6.06. The lowest BCUT2D eigenvalue weighted by atomic mass is 9.93. The van der Waals surface area contributed by atoms with Crippen LogP contribution in [0.2, 0.25) is 0 Å². The van der Waals surface area contributed by atoms with Crippen molar-refractivity contribution in [3.63, 3.8) is 0 Å². The minimum absolute atomic E-state index is 0.0137. The lowest BCUT2D eigenvalue weighted by Gasteiger charge is -2.41. The van der Waals surface area contributed by atoms with E-state index in [4.69, 9.17) is 4.74 Å². The smallest absolute Gasteiger partial charge is 0.411 e. The van der Waals surface area contributed by atoms with E-state index in [9.17, 15) is 9.59 Å². The van der Waals surface area contributed by atoms with Gasteiger partial charge in [-0.05, 0) is 37.5 Å². The standard InChI is InChI=1S/C28H35N3O3/c1-28(2,3)34-27(33)31-21-24-14-8-7-13-23(24)20-25(31)26(32)30-18-16-29(17-19-30)15-9-12-22-10-5-4-6-11-22/h4-14,25H,15-21H2,1-3H3. The number of amides is 2. The Morgan fingerprint density at radius 3 is 2.26 bits per heavy atom. The van der Waals surface area contributed by atoms with Gasteiger partial charge in [0, 0.05) is 39.1 Å². The molecule has 1 fully saturated rings. The number of ether oxygens (including phenoxy) is 1. The van der Waals surface area contributed by atoms with Gasteiger partial charge in [-0.15, -0.1) is 0 Å². The van der Waals surface area contributed by atoms with Gasteiger partial charge in [0.15, 0.2) is 0 Å². The maximum absolute atomic E-state index is 13.6.